The van der Waals surface area contributed by atoms with E-state index in [1.165, 1.54) is 18.3 Å². The molecule has 1 aliphatic carbocycles. The first-order valence-corrected chi connectivity index (χ1v) is 13.3. The zero-order chi connectivity index (χ0) is 28.7. The molecule has 1 atom stereocenters. The lowest BCUT2D eigenvalue weighted by atomic mass is 9.69. The molecule has 1 aliphatic rings. The zero-order valence-corrected chi connectivity index (χ0v) is 22.7. The minimum Gasteiger partial charge on any atom is -0.378 e. The molecule has 0 bridgehead atoms. The Labute approximate surface area is 245 Å². The second kappa shape index (κ2) is 10.4. The van der Waals surface area contributed by atoms with Gasteiger partial charge < -0.3 is 10.6 Å². The van der Waals surface area contributed by atoms with Crippen LogP contribution in [-0.4, -0.2) is 27.8 Å². The molecular weight excluding hydrogens is 561 g/mol. The maximum atomic E-state index is 13.8. The minimum absolute atomic E-state index is 0.222. The highest BCUT2D eigenvalue weighted by Gasteiger charge is 2.34. The quantitative estimate of drug-likeness (QED) is 0.210. The van der Waals surface area contributed by atoms with Gasteiger partial charge in [0.2, 0.25) is 0 Å². The van der Waals surface area contributed by atoms with Gasteiger partial charge in [-0.1, -0.05) is 46.6 Å². The van der Waals surface area contributed by atoms with E-state index in [4.69, 9.17) is 31.0 Å². The van der Waals surface area contributed by atoms with Crippen molar-refractivity contribution in [3.05, 3.63) is 105 Å². The summed E-state index contributed by atoms with van der Waals surface area (Å²) in [7, 11) is 7.00. The first-order valence-electron chi connectivity index (χ1n) is 12.5. The summed E-state index contributed by atoms with van der Waals surface area (Å²) >= 11 is 12.9. The number of aromatic nitrogens is 4. The van der Waals surface area contributed by atoms with Crippen LogP contribution in [0, 0.1) is 28.5 Å². The van der Waals surface area contributed by atoms with Crippen LogP contribution < -0.4 is 10.6 Å². The number of nitrogens with one attached hydrogen (secondary N) is 2. The van der Waals surface area contributed by atoms with Crippen molar-refractivity contribution in [2.45, 2.75) is 24.3 Å². The second-order valence-electron chi connectivity index (χ2n) is 9.67. The van der Waals surface area contributed by atoms with Crippen molar-refractivity contribution in [2.24, 2.45) is 0 Å². The molecular formula is C29H18BCl2FN8. The summed E-state index contributed by atoms with van der Waals surface area (Å²) in [6, 6.07) is 18.7. The van der Waals surface area contributed by atoms with Gasteiger partial charge in [0.05, 0.1) is 55.7 Å². The van der Waals surface area contributed by atoms with Crippen LogP contribution >= 0.6 is 23.2 Å². The Kier molecular flexibility index (Phi) is 6.74. The molecule has 6 rings (SSSR count). The van der Waals surface area contributed by atoms with E-state index >= 15 is 0 Å². The van der Waals surface area contributed by atoms with E-state index in [-0.39, 0.29) is 27.2 Å². The Hall–Kier alpha value is -4.64. The van der Waals surface area contributed by atoms with Gasteiger partial charge in [-0.05, 0) is 54.8 Å². The van der Waals surface area contributed by atoms with Gasteiger partial charge in [-0.25, -0.2) is 9.07 Å². The molecule has 0 spiro atoms. The third-order valence-electron chi connectivity index (χ3n) is 6.91. The van der Waals surface area contributed by atoms with Gasteiger partial charge >= 0.3 is 0 Å². The van der Waals surface area contributed by atoms with Crippen molar-refractivity contribution in [1.29, 1.82) is 10.5 Å². The van der Waals surface area contributed by atoms with E-state index in [0.29, 0.717) is 39.2 Å². The Morgan fingerprint density at radius 3 is 2.54 bits per heavy atom. The van der Waals surface area contributed by atoms with Gasteiger partial charge in [0, 0.05) is 17.3 Å². The van der Waals surface area contributed by atoms with Crippen molar-refractivity contribution in [1.82, 2.24) is 20.0 Å². The number of rotatable bonds is 7. The van der Waals surface area contributed by atoms with Crippen LogP contribution in [0.15, 0.2) is 67.0 Å². The molecule has 1 saturated carbocycles. The van der Waals surface area contributed by atoms with Crippen LogP contribution in [0.3, 0.4) is 0 Å². The molecule has 2 radical (unpaired) electrons. The number of pyridine rings is 1. The molecule has 2 aromatic heterocycles. The Morgan fingerprint density at radius 1 is 1.05 bits per heavy atom. The first-order chi connectivity index (χ1) is 19.8. The number of nitrogens with zero attached hydrogens (tertiary/aromatic N) is 6. The molecule has 198 valence electrons. The number of anilines is 3. The van der Waals surface area contributed by atoms with E-state index in [0.717, 1.165) is 12.8 Å². The Bertz CT molecular complexity index is 1890. The van der Waals surface area contributed by atoms with Gasteiger partial charge in [0.15, 0.2) is 0 Å². The van der Waals surface area contributed by atoms with Crippen molar-refractivity contribution in [3.63, 3.8) is 0 Å². The number of halogens is 3. The number of benzene rings is 3. The lowest BCUT2D eigenvalue weighted by Crippen LogP contribution is -2.37. The number of fused-ring (bicyclic) bond motifs is 1. The topological polar surface area (TPSA) is 115 Å². The second-order valence-corrected chi connectivity index (χ2v) is 10.5. The lowest BCUT2D eigenvalue weighted by molar-refractivity contribution is 0.610. The van der Waals surface area contributed by atoms with Gasteiger partial charge in [-0.15, -0.1) is 5.10 Å². The summed E-state index contributed by atoms with van der Waals surface area (Å²) < 4.78 is 15.6. The third-order valence-corrected chi connectivity index (χ3v) is 7.51. The molecule has 0 aliphatic heterocycles. The average molecular weight is 579 g/mol. The van der Waals surface area contributed by atoms with E-state index < -0.39 is 11.3 Å². The summed E-state index contributed by atoms with van der Waals surface area (Å²) in [6.07, 6.45) is 5.20. The highest BCUT2D eigenvalue weighted by Crippen LogP contribution is 2.39. The molecule has 12 heteroatoms. The fourth-order valence-corrected chi connectivity index (χ4v) is 5.11. The van der Waals surface area contributed by atoms with Crippen LogP contribution in [0.5, 0.6) is 0 Å². The van der Waals surface area contributed by atoms with Gasteiger partial charge in [0.25, 0.3) is 0 Å². The molecule has 1 fully saturated rings. The lowest BCUT2D eigenvalue weighted by Gasteiger charge is -2.32. The van der Waals surface area contributed by atoms with Crippen molar-refractivity contribution >= 4 is 59.0 Å². The molecule has 8 nitrogen and oxygen atoms in total. The third kappa shape index (κ3) is 4.93. The summed E-state index contributed by atoms with van der Waals surface area (Å²) in [6.45, 7) is 0. The minimum atomic E-state index is -1.42. The highest BCUT2D eigenvalue weighted by molar-refractivity contribution is 6.36. The highest BCUT2D eigenvalue weighted by atomic mass is 35.5. The molecule has 0 amide bonds. The van der Waals surface area contributed by atoms with Gasteiger partial charge in [-0.2, -0.15) is 10.5 Å². The molecule has 41 heavy (non-hydrogen) atoms. The number of hydrogen-bond acceptors (Lipinski definition) is 7. The van der Waals surface area contributed by atoms with Gasteiger partial charge in [0.1, 0.15) is 31.5 Å². The summed E-state index contributed by atoms with van der Waals surface area (Å²) in [4.78, 5) is 4.40. The van der Waals surface area contributed by atoms with Crippen LogP contribution in [-0.2, 0) is 5.44 Å². The fraction of sp³-hybridized carbons (Fsp3) is 0.138. The molecule has 2 N–H and O–H groups in total. The first kappa shape index (κ1) is 26.6. The molecule has 1 unspecified atom stereocenters. The maximum Gasteiger partial charge on any atom is 0.123 e. The SMILES string of the molecule is [B]C(Nc1cc(Cl)c2ncc(C#N)c(Nc3cccc(Cl)c3C#N)c2c1)(c1ccc(F)cc1)c1cn(C2CC2)nn1. The standard InChI is InChI=1S/C29H18BCl2FN8/c30-29(17-4-6-18(33)7-5-17,26-15-41(40-39-26)20-8-9-20)38-19-10-21-27(16(12-34)14-36-28(21)24(32)11-19)37-25-3-1-2-23(31)22(25)13-35/h1-7,10-11,14-15,20,38H,8-9H2,(H,36,37). The number of hydrogen-bond donors (Lipinski definition) is 2. The predicted molar refractivity (Wildman–Crippen MR) is 156 cm³/mol. The van der Waals surface area contributed by atoms with Gasteiger partial charge in [-0.3, -0.25) is 4.98 Å². The van der Waals surface area contributed by atoms with E-state index in [1.807, 2.05) is 0 Å². The van der Waals surface area contributed by atoms with Crippen molar-refractivity contribution < 1.29 is 4.39 Å². The van der Waals surface area contributed by atoms with E-state index in [2.05, 4.69) is 38.1 Å². The fourth-order valence-electron chi connectivity index (χ4n) is 4.63. The van der Waals surface area contributed by atoms with Crippen molar-refractivity contribution in [3.8, 4) is 12.1 Å². The van der Waals surface area contributed by atoms with Crippen LogP contribution in [0.2, 0.25) is 10.0 Å². The summed E-state index contributed by atoms with van der Waals surface area (Å²) in [5.74, 6) is -0.407. The summed E-state index contributed by atoms with van der Waals surface area (Å²) in [5.41, 5.74) is 1.67. The Balaban J connectivity index is 1.49. The molecule has 2 heterocycles. The number of nitriles is 2. The average Bonchev–Trinajstić information content (AvgIpc) is 3.69. The maximum absolute atomic E-state index is 13.8. The molecule has 3 aromatic carbocycles. The largest absolute Gasteiger partial charge is 0.378 e. The van der Waals surface area contributed by atoms with E-state index in [9.17, 15) is 14.9 Å². The predicted octanol–water partition coefficient (Wildman–Crippen LogP) is 6.58. The molecule has 0 saturated heterocycles. The van der Waals surface area contributed by atoms with Crippen LogP contribution in [0.1, 0.15) is 41.3 Å². The smallest absolute Gasteiger partial charge is 0.123 e. The normalized spacial score (nSPS) is 14.2. The van der Waals surface area contributed by atoms with Crippen LogP contribution in [0.25, 0.3) is 10.9 Å². The zero-order valence-electron chi connectivity index (χ0n) is 21.2. The van der Waals surface area contributed by atoms with Crippen LogP contribution in [0.4, 0.5) is 21.5 Å². The monoisotopic (exact) mass is 578 g/mol. The van der Waals surface area contributed by atoms with E-state index in [1.54, 1.807) is 53.3 Å². The molecule has 5 aromatic rings. The van der Waals surface area contributed by atoms with Crippen molar-refractivity contribution in [2.75, 3.05) is 10.6 Å². The Morgan fingerprint density at radius 2 is 1.83 bits per heavy atom. The summed E-state index contributed by atoms with van der Waals surface area (Å²) in [5, 5.41) is 35.7.